The summed E-state index contributed by atoms with van der Waals surface area (Å²) in [7, 11) is 1.45. The Labute approximate surface area is 120 Å². The minimum Gasteiger partial charge on any atom is -0.483 e. The minimum atomic E-state index is -1.17. The lowest BCUT2D eigenvalue weighted by atomic mass is 10.2. The molecular formula is C13H14N4O4. The van der Waals surface area contributed by atoms with Crippen LogP contribution in [0.25, 0.3) is 0 Å². The zero-order valence-corrected chi connectivity index (χ0v) is 11.5. The number of amides is 1. The molecule has 2 aromatic rings. The summed E-state index contributed by atoms with van der Waals surface area (Å²) in [4.78, 5) is 25.3. The van der Waals surface area contributed by atoms with Gasteiger partial charge in [0.25, 0.3) is 5.91 Å². The van der Waals surface area contributed by atoms with E-state index in [9.17, 15) is 9.59 Å². The number of H-pyrrole nitrogens is 1. The Morgan fingerprint density at radius 2 is 2.19 bits per heavy atom. The molecule has 2 aromatic heterocycles. The topological polar surface area (TPSA) is 117 Å². The maximum atomic E-state index is 11.8. The molecule has 0 unspecified atom stereocenters. The van der Waals surface area contributed by atoms with E-state index in [1.54, 1.807) is 13.0 Å². The van der Waals surface area contributed by atoms with E-state index in [4.69, 9.17) is 9.84 Å². The van der Waals surface area contributed by atoms with Crippen molar-refractivity contribution in [2.45, 2.75) is 13.0 Å². The Morgan fingerprint density at radius 1 is 1.43 bits per heavy atom. The van der Waals surface area contributed by atoms with E-state index in [-0.39, 0.29) is 17.1 Å². The van der Waals surface area contributed by atoms with Gasteiger partial charge in [-0.2, -0.15) is 10.2 Å². The zero-order valence-electron chi connectivity index (χ0n) is 11.5. The van der Waals surface area contributed by atoms with Crippen LogP contribution in [0.4, 0.5) is 0 Å². The molecule has 0 saturated carbocycles. The molecule has 2 heterocycles. The summed E-state index contributed by atoms with van der Waals surface area (Å²) in [6, 6.07) is 3.00. The highest BCUT2D eigenvalue weighted by molar-refractivity contribution is 5.97. The molecule has 0 spiro atoms. The van der Waals surface area contributed by atoms with Gasteiger partial charge in [0, 0.05) is 24.9 Å². The highest BCUT2D eigenvalue weighted by atomic mass is 16.5. The van der Waals surface area contributed by atoms with Gasteiger partial charge in [-0.25, -0.2) is 4.79 Å². The Morgan fingerprint density at radius 3 is 2.76 bits per heavy atom. The number of hydrogen-bond acceptors (Lipinski definition) is 5. The molecule has 0 fully saturated rings. The van der Waals surface area contributed by atoms with E-state index in [0.29, 0.717) is 0 Å². The highest BCUT2D eigenvalue weighted by Crippen LogP contribution is 2.26. The van der Waals surface area contributed by atoms with Crippen LogP contribution in [0.3, 0.4) is 0 Å². The lowest BCUT2D eigenvalue weighted by Gasteiger charge is -2.14. The van der Waals surface area contributed by atoms with Gasteiger partial charge in [0.1, 0.15) is 17.5 Å². The quantitative estimate of drug-likeness (QED) is 0.756. The van der Waals surface area contributed by atoms with Gasteiger partial charge in [-0.05, 0) is 13.0 Å². The van der Waals surface area contributed by atoms with Crippen LogP contribution < -0.4 is 10.1 Å². The van der Waals surface area contributed by atoms with Crippen LogP contribution in [0.5, 0.6) is 5.75 Å². The largest absolute Gasteiger partial charge is 0.483 e. The molecule has 0 radical (unpaired) electrons. The molecule has 1 atom stereocenters. The number of aromatic nitrogens is 3. The van der Waals surface area contributed by atoms with Crippen LogP contribution in [-0.4, -0.2) is 39.2 Å². The van der Waals surface area contributed by atoms with Crippen LogP contribution in [0.2, 0.25) is 0 Å². The van der Waals surface area contributed by atoms with E-state index < -0.39 is 18.0 Å². The Balaban J connectivity index is 2.30. The van der Waals surface area contributed by atoms with E-state index in [1.165, 1.54) is 25.5 Å². The molecular weight excluding hydrogens is 276 g/mol. The van der Waals surface area contributed by atoms with E-state index in [0.717, 1.165) is 5.56 Å². The normalized spacial score (nSPS) is 11.7. The Kier molecular flexibility index (Phi) is 4.17. The van der Waals surface area contributed by atoms with Crippen LogP contribution in [0.15, 0.2) is 24.5 Å². The molecule has 8 heteroatoms. The second-order valence-electron chi connectivity index (χ2n) is 4.24. The second kappa shape index (κ2) is 6.04. The van der Waals surface area contributed by atoms with E-state index in [1.807, 2.05) is 0 Å². The molecule has 1 amide bonds. The fraction of sp³-hybridized carbons (Fsp3) is 0.231. The van der Waals surface area contributed by atoms with E-state index in [2.05, 4.69) is 20.5 Å². The Hall–Kier alpha value is -2.90. The first-order chi connectivity index (χ1) is 10.0. The number of aromatic amines is 1. The van der Waals surface area contributed by atoms with Gasteiger partial charge in [0.2, 0.25) is 0 Å². The van der Waals surface area contributed by atoms with Crippen molar-refractivity contribution >= 4 is 11.9 Å². The molecule has 0 aliphatic carbocycles. The predicted octanol–water partition coefficient (Wildman–Crippen LogP) is 1.00. The number of carbonyl (C=O) groups excluding carboxylic acids is 1. The minimum absolute atomic E-state index is 0.0590. The summed E-state index contributed by atoms with van der Waals surface area (Å²) < 4.78 is 5.66. The number of carboxylic acid groups (broad SMARTS) is 1. The monoisotopic (exact) mass is 290 g/mol. The van der Waals surface area contributed by atoms with Crippen LogP contribution in [0, 0.1) is 0 Å². The number of hydrogen-bond donors (Lipinski definition) is 3. The summed E-state index contributed by atoms with van der Waals surface area (Å²) in [5, 5.41) is 18.8. The summed E-state index contributed by atoms with van der Waals surface area (Å²) in [6.45, 7) is 1.76. The highest BCUT2D eigenvalue weighted by Gasteiger charge is 2.21. The molecule has 0 aliphatic heterocycles. The van der Waals surface area contributed by atoms with Crippen molar-refractivity contribution in [2.75, 3.05) is 7.05 Å². The summed E-state index contributed by atoms with van der Waals surface area (Å²) in [5.41, 5.74) is 0.693. The number of ether oxygens (including phenoxy) is 1. The third-order valence-corrected chi connectivity index (χ3v) is 2.85. The third kappa shape index (κ3) is 3.16. The van der Waals surface area contributed by atoms with Crippen molar-refractivity contribution in [1.29, 1.82) is 0 Å². The second-order valence-corrected chi connectivity index (χ2v) is 4.24. The van der Waals surface area contributed by atoms with Crippen molar-refractivity contribution in [3.63, 3.8) is 0 Å². The number of rotatable bonds is 5. The summed E-state index contributed by atoms with van der Waals surface area (Å²) in [5.74, 6) is -1.47. The third-order valence-electron chi connectivity index (χ3n) is 2.85. The van der Waals surface area contributed by atoms with Gasteiger partial charge in [-0.1, -0.05) is 0 Å². The molecule has 2 rings (SSSR count). The number of carboxylic acids is 1. The standard InChI is InChI=1S/C13H14N4O4/c1-7(8-3-4-15-16-6-8)21-10-5-9(13(19)20)17-11(10)12(18)14-2/h3-7,17H,1-2H3,(H,14,18)(H,19,20)/t7-/m0/s1. The number of nitrogens with zero attached hydrogens (tertiary/aromatic N) is 2. The smallest absolute Gasteiger partial charge is 0.352 e. The van der Waals surface area contributed by atoms with Gasteiger partial charge in [0.05, 0.1) is 6.20 Å². The molecule has 0 aromatic carbocycles. The first-order valence-electron chi connectivity index (χ1n) is 6.14. The van der Waals surface area contributed by atoms with Gasteiger partial charge < -0.3 is 20.1 Å². The van der Waals surface area contributed by atoms with E-state index >= 15 is 0 Å². The summed E-state index contributed by atoms with van der Waals surface area (Å²) >= 11 is 0. The van der Waals surface area contributed by atoms with Gasteiger partial charge in [-0.3, -0.25) is 4.79 Å². The Bertz CT molecular complexity index is 653. The van der Waals surface area contributed by atoms with Crippen molar-refractivity contribution in [3.8, 4) is 5.75 Å². The van der Waals surface area contributed by atoms with Crippen molar-refractivity contribution in [1.82, 2.24) is 20.5 Å². The predicted molar refractivity (Wildman–Crippen MR) is 72.2 cm³/mol. The van der Waals surface area contributed by atoms with Gasteiger partial charge in [0.15, 0.2) is 5.75 Å². The fourth-order valence-corrected chi connectivity index (χ4v) is 1.74. The van der Waals surface area contributed by atoms with Crippen LogP contribution >= 0.6 is 0 Å². The lowest BCUT2D eigenvalue weighted by Crippen LogP contribution is -2.19. The zero-order chi connectivity index (χ0) is 15.4. The van der Waals surface area contributed by atoms with Crippen LogP contribution in [0.1, 0.15) is 39.6 Å². The maximum absolute atomic E-state index is 11.8. The molecule has 0 saturated heterocycles. The van der Waals surface area contributed by atoms with Gasteiger partial charge in [-0.15, -0.1) is 0 Å². The average Bonchev–Trinajstić information content (AvgIpc) is 2.91. The molecule has 110 valence electrons. The SMILES string of the molecule is CNC(=O)c1[nH]c(C(=O)O)cc1O[C@@H](C)c1ccnnc1. The first-order valence-corrected chi connectivity index (χ1v) is 6.14. The molecule has 21 heavy (non-hydrogen) atoms. The molecule has 3 N–H and O–H groups in total. The average molecular weight is 290 g/mol. The maximum Gasteiger partial charge on any atom is 0.352 e. The van der Waals surface area contributed by atoms with Crippen molar-refractivity contribution < 1.29 is 19.4 Å². The number of carbonyl (C=O) groups is 2. The molecule has 0 aliphatic rings. The van der Waals surface area contributed by atoms with Crippen molar-refractivity contribution in [2.24, 2.45) is 0 Å². The fourth-order valence-electron chi connectivity index (χ4n) is 1.74. The van der Waals surface area contributed by atoms with Crippen molar-refractivity contribution in [3.05, 3.63) is 41.5 Å². The molecule has 0 bridgehead atoms. The summed E-state index contributed by atoms with van der Waals surface area (Å²) in [6.07, 6.45) is 2.64. The van der Waals surface area contributed by atoms with Crippen LogP contribution in [-0.2, 0) is 0 Å². The lowest BCUT2D eigenvalue weighted by molar-refractivity contribution is 0.0691. The first kappa shape index (κ1) is 14.5. The molecule has 8 nitrogen and oxygen atoms in total. The number of aromatic carboxylic acids is 1. The van der Waals surface area contributed by atoms with Gasteiger partial charge >= 0.3 is 5.97 Å². The number of nitrogens with one attached hydrogen (secondary N) is 2.